The van der Waals surface area contributed by atoms with Gasteiger partial charge in [0, 0.05) is 5.56 Å². The van der Waals surface area contributed by atoms with Crippen LogP contribution in [0.4, 0.5) is 4.39 Å². The van der Waals surface area contributed by atoms with Gasteiger partial charge in [0.05, 0.1) is 6.33 Å². The second-order valence-electron chi connectivity index (χ2n) is 5.67. The molecule has 0 fully saturated rings. The second kappa shape index (κ2) is 8.27. The summed E-state index contributed by atoms with van der Waals surface area (Å²) in [6.45, 7) is 0.435. The Morgan fingerprint density at radius 2 is 1.56 bits per heavy atom. The van der Waals surface area contributed by atoms with E-state index >= 15 is 0 Å². The molecule has 126 valence electrons. The Morgan fingerprint density at radius 3 is 2.28 bits per heavy atom. The predicted octanol–water partition coefficient (Wildman–Crippen LogP) is 5.29. The van der Waals surface area contributed by atoms with Crippen LogP contribution in [0.2, 0.25) is 0 Å². The maximum atomic E-state index is 12.2. The molecule has 3 aromatic carbocycles. The minimum absolute atomic E-state index is 0.435. The molecule has 0 aliphatic carbocycles. The van der Waals surface area contributed by atoms with Gasteiger partial charge in [0.25, 0.3) is 0 Å². The van der Waals surface area contributed by atoms with Crippen LogP contribution in [0, 0.1) is 0 Å². The second-order valence-corrected chi connectivity index (χ2v) is 5.67. The Bertz CT molecular complexity index is 826. The molecular formula is C22H19FO2. The van der Waals surface area contributed by atoms with Crippen molar-refractivity contribution in [3.8, 4) is 5.75 Å². The summed E-state index contributed by atoms with van der Waals surface area (Å²) in [5, 5.41) is 10.7. The smallest absolute Gasteiger partial charge is 0.125 e. The number of halogens is 1. The van der Waals surface area contributed by atoms with Crippen LogP contribution >= 0.6 is 0 Å². The third-order valence-electron chi connectivity index (χ3n) is 3.96. The molecule has 0 spiro atoms. The van der Waals surface area contributed by atoms with Crippen molar-refractivity contribution in [2.75, 3.05) is 0 Å². The molecule has 0 saturated carbocycles. The zero-order chi connectivity index (χ0) is 17.5. The van der Waals surface area contributed by atoms with Crippen molar-refractivity contribution in [3.05, 3.63) is 107 Å². The highest BCUT2D eigenvalue weighted by molar-refractivity contribution is 5.50. The molecule has 0 saturated heterocycles. The van der Waals surface area contributed by atoms with Gasteiger partial charge >= 0.3 is 0 Å². The Morgan fingerprint density at radius 1 is 0.880 bits per heavy atom. The molecule has 0 bridgehead atoms. The Kier molecular flexibility index (Phi) is 5.60. The van der Waals surface area contributed by atoms with Gasteiger partial charge in [0.2, 0.25) is 0 Å². The lowest BCUT2D eigenvalue weighted by atomic mass is 9.99. The summed E-state index contributed by atoms with van der Waals surface area (Å²) in [6.07, 6.45) is 1.06. The highest BCUT2D eigenvalue weighted by Crippen LogP contribution is 2.30. The lowest BCUT2D eigenvalue weighted by Crippen LogP contribution is -2.04. The first-order chi connectivity index (χ1) is 12.3. The van der Waals surface area contributed by atoms with Gasteiger partial charge in [-0.25, -0.2) is 4.39 Å². The van der Waals surface area contributed by atoms with Gasteiger partial charge in [0.1, 0.15) is 18.5 Å². The van der Waals surface area contributed by atoms with Crippen molar-refractivity contribution in [3.63, 3.8) is 0 Å². The normalized spacial score (nSPS) is 12.2. The molecule has 1 unspecified atom stereocenters. The predicted molar refractivity (Wildman–Crippen MR) is 97.9 cm³/mol. The minimum Gasteiger partial charge on any atom is -0.489 e. The van der Waals surface area contributed by atoms with Crippen molar-refractivity contribution in [1.29, 1.82) is 0 Å². The number of ether oxygens (including phenoxy) is 1. The summed E-state index contributed by atoms with van der Waals surface area (Å²) in [6, 6.07) is 24.4. The largest absolute Gasteiger partial charge is 0.489 e. The van der Waals surface area contributed by atoms with E-state index in [0.29, 0.717) is 24.2 Å². The molecule has 3 heteroatoms. The Labute approximate surface area is 146 Å². The Hall–Kier alpha value is -2.91. The third-order valence-corrected chi connectivity index (χ3v) is 3.96. The van der Waals surface area contributed by atoms with Gasteiger partial charge < -0.3 is 9.84 Å². The summed E-state index contributed by atoms with van der Waals surface area (Å²) in [5.74, 6) is 0.645. The van der Waals surface area contributed by atoms with Crippen molar-refractivity contribution in [2.24, 2.45) is 0 Å². The average molecular weight is 334 g/mol. The summed E-state index contributed by atoms with van der Waals surface area (Å²) in [7, 11) is 0. The SMILES string of the molecule is OC(c1ccc(C=CF)cc1)c1ccccc1OCc1ccccc1. The topological polar surface area (TPSA) is 29.5 Å². The zero-order valence-electron chi connectivity index (χ0n) is 13.7. The van der Waals surface area contributed by atoms with E-state index in [1.807, 2.05) is 54.6 Å². The molecule has 0 aliphatic rings. The van der Waals surface area contributed by atoms with E-state index in [1.54, 1.807) is 24.3 Å². The van der Waals surface area contributed by atoms with Crippen LogP contribution in [-0.4, -0.2) is 5.11 Å². The summed E-state index contributed by atoms with van der Waals surface area (Å²) in [5.41, 5.74) is 3.24. The van der Waals surface area contributed by atoms with Crippen LogP contribution in [0.1, 0.15) is 28.4 Å². The van der Waals surface area contributed by atoms with Gasteiger partial charge in [-0.3, -0.25) is 0 Å². The van der Waals surface area contributed by atoms with Crippen molar-refractivity contribution in [1.82, 2.24) is 0 Å². The molecular weight excluding hydrogens is 315 g/mol. The molecule has 1 N–H and O–H groups in total. The maximum Gasteiger partial charge on any atom is 0.125 e. The number of benzene rings is 3. The minimum atomic E-state index is -0.810. The molecule has 25 heavy (non-hydrogen) atoms. The van der Waals surface area contributed by atoms with E-state index < -0.39 is 6.10 Å². The fraction of sp³-hybridized carbons (Fsp3) is 0.0909. The van der Waals surface area contributed by atoms with Crippen LogP contribution < -0.4 is 4.74 Å². The van der Waals surface area contributed by atoms with E-state index in [9.17, 15) is 9.50 Å². The van der Waals surface area contributed by atoms with Gasteiger partial charge in [-0.1, -0.05) is 72.8 Å². The molecule has 3 rings (SSSR count). The number of aliphatic hydroxyl groups excluding tert-OH is 1. The molecule has 2 nitrogen and oxygen atoms in total. The highest BCUT2D eigenvalue weighted by atomic mass is 19.1. The first-order valence-electron chi connectivity index (χ1n) is 8.08. The molecule has 0 radical (unpaired) electrons. The van der Waals surface area contributed by atoms with Crippen LogP contribution in [0.15, 0.2) is 85.2 Å². The standard InChI is InChI=1S/C22H19FO2/c23-15-14-17-10-12-19(13-11-17)22(24)20-8-4-5-9-21(20)25-16-18-6-2-1-3-7-18/h1-15,22,24H,16H2. The van der Waals surface area contributed by atoms with Crippen molar-refractivity contribution < 1.29 is 14.2 Å². The van der Waals surface area contributed by atoms with Gasteiger partial charge in [0.15, 0.2) is 0 Å². The van der Waals surface area contributed by atoms with E-state index in [4.69, 9.17) is 4.74 Å². The fourth-order valence-corrected chi connectivity index (χ4v) is 2.61. The zero-order valence-corrected chi connectivity index (χ0v) is 13.7. The Balaban J connectivity index is 1.79. The maximum absolute atomic E-state index is 12.2. The van der Waals surface area contributed by atoms with Crippen LogP contribution in [0.5, 0.6) is 5.75 Å². The van der Waals surface area contributed by atoms with Crippen LogP contribution in [0.3, 0.4) is 0 Å². The number of rotatable bonds is 6. The van der Waals surface area contributed by atoms with Crippen LogP contribution in [-0.2, 0) is 6.61 Å². The number of aliphatic hydroxyl groups is 1. The van der Waals surface area contributed by atoms with Crippen molar-refractivity contribution in [2.45, 2.75) is 12.7 Å². The highest BCUT2D eigenvalue weighted by Gasteiger charge is 2.15. The summed E-state index contributed by atoms with van der Waals surface area (Å²) >= 11 is 0. The van der Waals surface area contributed by atoms with E-state index in [2.05, 4.69) is 0 Å². The molecule has 1 atom stereocenters. The fourth-order valence-electron chi connectivity index (χ4n) is 2.61. The number of hydrogen-bond acceptors (Lipinski definition) is 2. The van der Waals surface area contributed by atoms with E-state index in [1.165, 1.54) is 6.08 Å². The molecule has 0 aromatic heterocycles. The monoisotopic (exact) mass is 334 g/mol. The van der Waals surface area contributed by atoms with Gasteiger partial charge in [-0.15, -0.1) is 0 Å². The number of hydrogen-bond donors (Lipinski definition) is 1. The molecule has 0 amide bonds. The molecule has 3 aromatic rings. The third kappa shape index (κ3) is 4.34. The lowest BCUT2D eigenvalue weighted by Gasteiger charge is -2.17. The first-order valence-corrected chi connectivity index (χ1v) is 8.08. The lowest BCUT2D eigenvalue weighted by molar-refractivity contribution is 0.209. The van der Waals surface area contributed by atoms with E-state index in [0.717, 1.165) is 16.7 Å². The number of para-hydroxylation sites is 1. The van der Waals surface area contributed by atoms with Gasteiger partial charge in [-0.2, -0.15) is 0 Å². The van der Waals surface area contributed by atoms with Crippen molar-refractivity contribution >= 4 is 6.08 Å². The van der Waals surface area contributed by atoms with E-state index in [-0.39, 0.29) is 0 Å². The van der Waals surface area contributed by atoms with Crippen LogP contribution in [0.25, 0.3) is 6.08 Å². The summed E-state index contributed by atoms with van der Waals surface area (Å²) < 4.78 is 18.1. The average Bonchev–Trinajstić information content (AvgIpc) is 2.68. The van der Waals surface area contributed by atoms with Gasteiger partial charge in [-0.05, 0) is 28.8 Å². The molecule has 0 heterocycles. The summed E-state index contributed by atoms with van der Waals surface area (Å²) in [4.78, 5) is 0. The molecule has 0 aliphatic heterocycles. The quantitative estimate of drug-likeness (QED) is 0.664. The first kappa shape index (κ1) is 16.9.